The van der Waals surface area contributed by atoms with Crippen LogP contribution < -0.4 is 18.9 Å². The van der Waals surface area contributed by atoms with Gasteiger partial charge in [-0.1, -0.05) is 311 Å². The van der Waals surface area contributed by atoms with E-state index in [2.05, 4.69) is 300 Å². The summed E-state index contributed by atoms with van der Waals surface area (Å²) >= 11 is 0. The smallest absolute Gasteiger partial charge is 0.349 e. The SMILES string of the molecule is CCC(C)c1ccc(O)cc1.CCC(C)c1ccc(OC(=O)COc2cccc3c(S(=O)(=O)[O-])cccc23)cc1.CCC(C)c1ccc(OC(OC2CC3CCC2(C)C3(C)C)C(C)(C)c2ccccc2)cc1.CCC(C)c1cccc(O)c1.CCC(C)c1cccc(OC(OC(C)C)C2(c3ccccc3)CCCCC2)c1.c1ccc2c(c1)c1ccccc1[s+]2-c1ccc(C2CCCCC2)cc1. The zero-order valence-corrected chi connectivity index (χ0v) is 85.4. The number of benzene rings is 12. The molecule has 722 valence electrons. The molecule has 0 radical (unpaired) electrons. The molecule has 14 heteroatoms. The van der Waals surface area contributed by atoms with E-state index in [1.54, 1.807) is 54.1 Å². The standard InChI is InChI=1S/C30H42O2.C26H36O2.C24H23S.C22H22O6S.2C10H14O/c1-8-21(2)22-14-16-25(17-15-22)31-27(28(3,4)23-12-10-9-11-13-23)32-26-20-24-18-19-30(26,7)29(24,5)6;1-5-21(4)22-13-12-16-24(19-22)28-25(27-20(2)3)26(17-10-7-11-18-26)23-14-8-6-9-15-23;1-2-8-18(9-3-1)19-14-16-20(17-15-19)25-23-12-6-4-10-21(23)22-11-5-7-13-24(22)25;1-3-15(2)16-10-12-17(13-11-16)28-22(23)14-27-20-8-4-7-19-18(20)6-5-9-21(19)29(24,25)26;1-3-8(2)9-4-6-10(11)7-5-9;1-3-8(2)9-5-4-6-10(11)7-9/h9-17,21,24,26-27H,8,18-20H2,1-7H3;6,8-9,12-16,19-21,25H,5,7,10-11,17-18H2,1-4H3;4-7,10-18H,1-3,8-9H2;4-13,15H,3,14H2,1-2H3,(H,24,25,26);2*4-8,11H,3H2,1-2H3/q;;+1;;;/p-1. The van der Waals surface area contributed by atoms with Crippen LogP contribution in [0.4, 0.5) is 0 Å². The maximum Gasteiger partial charge on any atom is 0.349 e. The number of phenols is 2. The number of hydrogen-bond acceptors (Lipinski definition) is 12. The van der Waals surface area contributed by atoms with Crippen molar-refractivity contribution >= 4 is 57.5 Å². The highest BCUT2D eigenvalue weighted by molar-refractivity contribution is 7.86. The number of aromatic hydroxyl groups is 2. The van der Waals surface area contributed by atoms with Gasteiger partial charge in [0.1, 0.15) is 44.6 Å². The maximum absolute atomic E-state index is 12.1. The van der Waals surface area contributed by atoms with Crippen molar-refractivity contribution in [3.63, 3.8) is 0 Å². The van der Waals surface area contributed by atoms with Gasteiger partial charge in [0, 0.05) is 32.0 Å². The summed E-state index contributed by atoms with van der Waals surface area (Å²) in [4.78, 5) is 13.3. The van der Waals surface area contributed by atoms with Crippen LogP contribution in [0.5, 0.6) is 34.5 Å². The highest BCUT2D eigenvalue weighted by atomic mass is 32.2. The van der Waals surface area contributed by atoms with Gasteiger partial charge >= 0.3 is 5.97 Å². The summed E-state index contributed by atoms with van der Waals surface area (Å²) in [6, 6.07) is 97.5. The molecule has 0 aliphatic heterocycles. The highest BCUT2D eigenvalue weighted by Gasteiger charge is 2.63. The Hall–Kier alpha value is -10.6. The van der Waals surface area contributed by atoms with E-state index in [9.17, 15) is 17.8 Å². The van der Waals surface area contributed by atoms with E-state index in [0.717, 1.165) is 74.7 Å². The fourth-order valence-corrected chi connectivity index (χ4v) is 23.0. The second-order valence-corrected chi connectivity index (χ2v) is 43.3. The average Bonchev–Trinajstić information content (AvgIpc) is 1.55. The largest absolute Gasteiger partial charge is 0.744 e. The third-order valence-corrected chi connectivity index (χ3v) is 33.4. The lowest BCUT2D eigenvalue weighted by Gasteiger charge is -2.44. The first kappa shape index (κ1) is 104. The van der Waals surface area contributed by atoms with Gasteiger partial charge in [-0.05, 0) is 311 Å². The molecular formula is C122H150O12S2. The van der Waals surface area contributed by atoms with Gasteiger partial charge in [-0.2, -0.15) is 0 Å². The van der Waals surface area contributed by atoms with E-state index in [1.807, 2.05) is 42.5 Å². The van der Waals surface area contributed by atoms with Crippen LogP contribution in [0.15, 0.2) is 296 Å². The van der Waals surface area contributed by atoms with Crippen molar-refractivity contribution in [2.45, 2.75) is 309 Å². The molecule has 4 fully saturated rings. The van der Waals surface area contributed by atoms with E-state index in [-0.39, 0.29) is 74.1 Å². The van der Waals surface area contributed by atoms with Gasteiger partial charge in [0.15, 0.2) is 20.9 Å². The summed E-state index contributed by atoms with van der Waals surface area (Å²) in [6.45, 7) is 37.6. The Bertz CT molecular complexity index is 5940. The van der Waals surface area contributed by atoms with Crippen LogP contribution in [-0.2, 0) is 35.2 Å². The van der Waals surface area contributed by atoms with Crippen molar-refractivity contribution in [1.29, 1.82) is 0 Å². The summed E-state index contributed by atoms with van der Waals surface area (Å²) < 4.78 is 74.8. The molecule has 4 saturated carbocycles. The summed E-state index contributed by atoms with van der Waals surface area (Å²) in [5, 5.41) is 21.7. The van der Waals surface area contributed by atoms with Crippen LogP contribution in [0, 0.1) is 16.7 Å². The quantitative estimate of drug-likeness (QED) is 0.0150. The topological polar surface area (TPSA) is 170 Å². The Kier molecular flexibility index (Phi) is 37.3. The number of carbonyl (C=O) groups excluding carboxylic acids is 1. The normalized spacial score (nSPS) is 18.2. The zero-order valence-electron chi connectivity index (χ0n) is 83.8. The van der Waals surface area contributed by atoms with Crippen molar-refractivity contribution in [2.24, 2.45) is 16.7 Å². The highest BCUT2D eigenvalue weighted by Crippen LogP contribution is 2.67. The maximum atomic E-state index is 12.1. The monoisotopic (exact) mass is 1870 g/mol. The minimum absolute atomic E-state index is 0.0462. The second kappa shape index (κ2) is 48.6. The van der Waals surface area contributed by atoms with Crippen molar-refractivity contribution in [3.05, 3.63) is 336 Å². The van der Waals surface area contributed by atoms with Crippen LogP contribution in [-0.4, -0.2) is 60.5 Å². The van der Waals surface area contributed by atoms with E-state index in [1.165, 1.54) is 146 Å². The molecule has 12 aromatic carbocycles. The minimum atomic E-state index is -4.63. The molecule has 0 saturated heterocycles. The Morgan fingerprint density at radius 2 is 0.949 bits per heavy atom. The lowest BCUT2D eigenvalue weighted by Crippen LogP contribution is -2.47. The number of thiophene rings is 1. The molecule has 2 bridgehead atoms. The van der Waals surface area contributed by atoms with Crippen LogP contribution in [0.2, 0.25) is 0 Å². The fraction of sp³-hybridized carbons (Fsp3) is 0.418. The fourth-order valence-electron chi connectivity index (χ4n) is 20.0. The Morgan fingerprint density at radius 3 is 1.48 bits per heavy atom. The Morgan fingerprint density at radius 1 is 0.463 bits per heavy atom. The van der Waals surface area contributed by atoms with Gasteiger partial charge in [-0.15, -0.1) is 0 Å². The second-order valence-electron chi connectivity index (χ2n) is 40.0. The molecule has 0 amide bonds. The van der Waals surface area contributed by atoms with Crippen molar-refractivity contribution in [1.82, 2.24) is 0 Å². The van der Waals surface area contributed by atoms with Gasteiger partial charge in [0.25, 0.3) is 0 Å². The predicted octanol–water partition coefficient (Wildman–Crippen LogP) is 33.2. The zero-order chi connectivity index (χ0) is 97.3. The number of esters is 1. The Labute approximate surface area is 816 Å². The number of fused-ring (bicyclic) bond motifs is 6. The molecule has 4 aliphatic rings. The average molecular weight is 1870 g/mol. The molecule has 10 atom stereocenters. The predicted molar refractivity (Wildman–Crippen MR) is 563 cm³/mol. The van der Waals surface area contributed by atoms with E-state index < -0.39 is 16.1 Å². The lowest BCUT2D eigenvalue weighted by atomic mass is 9.68. The Balaban J connectivity index is 0.000000152. The van der Waals surface area contributed by atoms with Gasteiger partial charge < -0.3 is 43.2 Å². The molecule has 1 heterocycles. The minimum Gasteiger partial charge on any atom is -0.744 e. The molecule has 10 unspecified atom stereocenters. The number of hydrogen-bond donors (Lipinski definition) is 2. The van der Waals surface area contributed by atoms with E-state index in [0.29, 0.717) is 57.6 Å². The molecule has 17 rings (SSSR count). The molecule has 12 nitrogen and oxygen atoms in total. The van der Waals surface area contributed by atoms with Crippen molar-refractivity contribution in [2.75, 3.05) is 6.61 Å². The van der Waals surface area contributed by atoms with E-state index >= 15 is 0 Å². The number of phenolic OH excluding ortho intramolecular Hbond substituents is 2. The molecular weight excluding hydrogens is 1720 g/mol. The lowest BCUT2D eigenvalue weighted by molar-refractivity contribution is -0.186. The molecule has 2 N–H and O–H groups in total. The summed E-state index contributed by atoms with van der Waals surface area (Å²) in [6.07, 6.45) is 21.9. The van der Waals surface area contributed by atoms with Crippen molar-refractivity contribution < 1.29 is 56.4 Å². The van der Waals surface area contributed by atoms with Gasteiger partial charge in [0.2, 0.25) is 12.6 Å². The van der Waals surface area contributed by atoms with Crippen molar-refractivity contribution in [3.8, 4) is 39.4 Å². The summed E-state index contributed by atoms with van der Waals surface area (Å²) in [5.41, 5.74) is 10.7. The molecule has 1 aromatic heterocycles. The molecule has 0 spiro atoms. The van der Waals surface area contributed by atoms with Gasteiger partial charge in [-0.3, -0.25) is 0 Å². The summed E-state index contributed by atoms with van der Waals surface area (Å²) in [7, 11) is -4.58. The van der Waals surface area contributed by atoms with E-state index in [4.69, 9.17) is 38.6 Å². The molecule has 136 heavy (non-hydrogen) atoms. The van der Waals surface area contributed by atoms with Crippen LogP contribution in [0.25, 0.3) is 35.8 Å². The van der Waals surface area contributed by atoms with Crippen LogP contribution in [0.3, 0.4) is 0 Å². The van der Waals surface area contributed by atoms with Gasteiger partial charge in [0.05, 0.1) is 27.9 Å². The van der Waals surface area contributed by atoms with Crippen LogP contribution >= 0.6 is 10.5 Å². The first-order valence-corrected chi connectivity index (χ1v) is 52.9. The third kappa shape index (κ3) is 26.3. The third-order valence-electron chi connectivity index (χ3n) is 30.2. The first-order valence-electron chi connectivity index (χ1n) is 50.3. The molecule has 13 aromatic rings. The first-order chi connectivity index (χ1) is 65.3. The number of ether oxygens (including phenoxy) is 6. The number of carbonyl (C=O) groups is 1. The van der Waals surface area contributed by atoms with Crippen LogP contribution in [0.1, 0.15) is 313 Å². The van der Waals surface area contributed by atoms with Gasteiger partial charge in [-0.25, -0.2) is 13.2 Å². The number of rotatable bonds is 29. The summed E-state index contributed by atoms with van der Waals surface area (Å²) in [5.74, 6) is 6.82. The molecule has 4 aliphatic carbocycles.